The van der Waals surface area contributed by atoms with Crippen molar-refractivity contribution in [2.24, 2.45) is 22.9 Å². The molecule has 3 saturated heterocycles. The molecule has 3 rings (SSSR count). The summed E-state index contributed by atoms with van der Waals surface area (Å²) in [6.07, 6.45) is -15.3. The van der Waals surface area contributed by atoms with Crippen molar-refractivity contribution in [3.63, 3.8) is 0 Å². The average Bonchev–Trinajstić information content (AvgIpc) is 3.06. The van der Waals surface area contributed by atoms with Crippen molar-refractivity contribution in [2.75, 3.05) is 19.7 Å². The predicted molar refractivity (Wildman–Crippen MR) is 103 cm³/mol. The van der Waals surface area contributed by atoms with Gasteiger partial charge in [0, 0.05) is 13.1 Å². The van der Waals surface area contributed by atoms with Crippen LogP contribution >= 0.6 is 0 Å². The number of hydrogen-bond acceptors (Lipinski definition) is 15. The number of nitrogens with two attached hydrogens (primary N) is 4. The second-order valence-corrected chi connectivity index (χ2v) is 8.12. The van der Waals surface area contributed by atoms with Crippen molar-refractivity contribution >= 4 is 0 Å². The van der Waals surface area contributed by atoms with Gasteiger partial charge in [0.1, 0.15) is 54.9 Å². The molecule has 3 aliphatic rings. The van der Waals surface area contributed by atoms with Crippen LogP contribution in [0, 0.1) is 0 Å². The quantitative estimate of drug-likeness (QED) is 0.165. The predicted octanol–water partition coefficient (Wildman–Crippen LogP) is -7.07. The van der Waals surface area contributed by atoms with E-state index in [4.69, 9.17) is 46.6 Å². The van der Waals surface area contributed by atoms with Crippen LogP contribution in [0.5, 0.6) is 0 Å². The van der Waals surface area contributed by atoms with E-state index in [9.17, 15) is 30.6 Å². The van der Waals surface area contributed by atoms with E-state index in [1.54, 1.807) is 0 Å². The first-order valence-electron chi connectivity index (χ1n) is 10.3. The van der Waals surface area contributed by atoms with Crippen molar-refractivity contribution in [1.82, 2.24) is 0 Å². The van der Waals surface area contributed by atoms with Crippen LogP contribution in [-0.2, 0) is 23.7 Å². The lowest BCUT2D eigenvalue weighted by Gasteiger charge is -2.47. The molecule has 0 aromatic carbocycles. The lowest BCUT2D eigenvalue weighted by atomic mass is 9.95. The molecule has 0 bridgehead atoms. The standard InChI is InChI=1S/C17H34N4O11/c18-1-4-9(23)11(25)7(20)16(29-4)32-14-8(21)15(27)28-5(2-19)13(14)31-17-12(26)10(24)6(3-22)30-17/h4-17,22-27H,1-3,18-21H2/t4-,5-,6-,7-,8-,9-,10-,11-,12-,13-,14-,15-,16-,17+/m1/s1. The summed E-state index contributed by atoms with van der Waals surface area (Å²) in [7, 11) is 0. The summed E-state index contributed by atoms with van der Waals surface area (Å²) in [5, 5.41) is 60.0. The Kier molecular flexibility index (Phi) is 8.75. The molecule has 0 aliphatic carbocycles. The molecule has 188 valence electrons. The summed E-state index contributed by atoms with van der Waals surface area (Å²) < 4.78 is 28.0. The minimum absolute atomic E-state index is 0.138. The van der Waals surface area contributed by atoms with Gasteiger partial charge < -0.3 is 77.3 Å². The van der Waals surface area contributed by atoms with Gasteiger partial charge in [-0.15, -0.1) is 0 Å². The van der Waals surface area contributed by atoms with E-state index < -0.39 is 92.5 Å². The van der Waals surface area contributed by atoms with Crippen LogP contribution in [0.4, 0.5) is 0 Å². The van der Waals surface area contributed by atoms with Crippen LogP contribution < -0.4 is 22.9 Å². The monoisotopic (exact) mass is 470 g/mol. The summed E-state index contributed by atoms with van der Waals surface area (Å²) in [5.74, 6) is 0. The highest BCUT2D eigenvalue weighted by Gasteiger charge is 2.52. The van der Waals surface area contributed by atoms with Gasteiger partial charge in [-0.3, -0.25) is 0 Å². The van der Waals surface area contributed by atoms with E-state index in [0.29, 0.717) is 0 Å². The van der Waals surface area contributed by atoms with Gasteiger partial charge in [-0.1, -0.05) is 0 Å². The minimum Gasteiger partial charge on any atom is -0.394 e. The summed E-state index contributed by atoms with van der Waals surface area (Å²) in [4.78, 5) is 0. The molecule has 0 aromatic heterocycles. The van der Waals surface area contributed by atoms with Crippen molar-refractivity contribution in [3.8, 4) is 0 Å². The molecule has 0 amide bonds. The van der Waals surface area contributed by atoms with Gasteiger partial charge in [-0.2, -0.15) is 0 Å². The van der Waals surface area contributed by atoms with Gasteiger partial charge in [0.15, 0.2) is 18.9 Å². The molecule has 0 saturated carbocycles. The normalized spacial score (nSPS) is 52.3. The minimum atomic E-state index is -1.51. The Morgan fingerprint density at radius 1 is 0.625 bits per heavy atom. The van der Waals surface area contributed by atoms with Crippen LogP contribution in [0.15, 0.2) is 0 Å². The molecule has 0 aromatic rings. The van der Waals surface area contributed by atoms with E-state index in [1.165, 1.54) is 0 Å². The first-order chi connectivity index (χ1) is 15.1. The average molecular weight is 470 g/mol. The largest absolute Gasteiger partial charge is 0.394 e. The molecule has 0 radical (unpaired) electrons. The maximum atomic E-state index is 10.2. The molecule has 14 N–H and O–H groups in total. The second-order valence-electron chi connectivity index (χ2n) is 8.12. The van der Waals surface area contributed by atoms with Crippen LogP contribution in [0.25, 0.3) is 0 Å². The SMILES string of the molecule is NC[C@H]1O[C@H](O[C@@H]2[C@@H](N)[C@H](O)O[C@H](CN)[C@H]2O[C@@H]2O[C@H](CO)[C@@H](O)[C@H]2O)[C@H](N)[C@@H](O)[C@@H]1O. The van der Waals surface area contributed by atoms with Crippen LogP contribution in [0.3, 0.4) is 0 Å². The first kappa shape index (κ1) is 26.0. The van der Waals surface area contributed by atoms with E-state index in [0.717, 1.165) is 0 Å². The molecule has 3 fully saturated rings. The van der Waals surface area contributed by atoms with Gasteiger partial charge in [-0.25, -0.2) is 0 Å². The maximum absolute atomic E-state index is 10.2. The summed E-state index contributed by atoms with van der Waals surface area (Å²) in [5.41, 5.74) is 23.3. The first-order valence-corrected chi connectivity index (χ1v) is 10.3. The Hall–Kier alpha value is -0.600. The summed E-state index contributed by atoms with van der Waals surface area (Å²) in [6, 6.07) is -2.41. The highest BCUT2D eigenvalue weighted by molar-refractivity contribution is 4.98. The van der Waals surface area contributed by atoms with Crippen molar-refractivity contribution in [3.05, 3.63) is 0 Å². The Bertz CT molecular complexity index is 607. The molecule has 14 atom stereocenters. The van der Waals surface area contributed by atoms with E-state index in [-0.39, 0.29) is 13.1 Å². The molecule has 3 heterocycles. The number of rotatable bonds is 7. The van der Waals surface area contributed by atoms with Gasteiger partial charge in [0.2, 0.25) is 0 Å². The second kappa shape index (κ2) is 10.8. The zero-order valence-corrected chi connectivity index (χ0v) is 17.2. The number of hydrogen-bond donors (Lipinski definition) is 10. The zero-order chi connectivity index (χ0) is 23.7. The van der Waals surface area contributed by atoms with Gasteiger partial charge in [0.25, 0.3) is 0 Å². The maximum Gasteiger partial charge on any atom is 0.187 e. The van der Waals surface area contributed by atoms with Crippen molar-refractivity contribution in [2.45, 2.75) is 85.9 Å². The van der Waals surface area contributed by atoms with E-state index in [1.807, 2.05) is 0 Å². The molecular weight excluding hydrogens is 436 g/mol. The summed E-state index contributed by atoms with van der Waals surface area (Å²) in [6.45, 7) is -0.863. The van der Waals surface area contributed by atoms with Crippen LogP contribution in [-0.4, -0.2) is 136 Å². The Morgan fingerprint density at radius 2 is 1.19 bits per heavy atom. The number of ether oxygens (including phenoxy) is 5. The zero-order valence-electron chi connectivity index (χ0n) is 17.2. The van der Waals surface area contributed by atoms with Crippen LogP contribution in [0.2, 0.25) is 0 Å². The fraction of sp³-hybridized carbons (Fsp3) is 1.00. The third kappa shape index (κ3) is 4.92. The number of aliphatic hydroxyl groups excluding tert-OH is 6. The molecule has 15 nitrogen and oxygen atoms in total. The summed E-state index contributed by atoms with van der Waals surface area (Å²) >= 11 is 0. The van der Waals surface area contributed by atoms with Gasteiger partial charge in [-0.05, 0) is 0 Å². The highest BCUT2D eigenvalue weighted by atomic mass is 16.7. The fourth-order valence-electron chi connectivity index (χ4n) is 4.02. The Balaban J connectivity index is 1.81. The molecule has 3 aliphatic heterocycles. The smallest absolute Gasteiger partial charge is 0.187 e. The topological polar surface area (TPSA) is 272 Å². The van der Waals surface area contributed by atoms with E-state index in [2.05, 4.69) is 0 Å². The third-order valence-electron chi connectivity index (χ3n) is 6.01. The highest BCUT2D eigenvalue weighted by Crippen LogP contribution is 2.31. The van der Waals surface area contributed by atoms with Crippen molar-refractivity contribution in [1.29, 1.82) is 0 Å². The molecule has 0 spiro atoms. The lowest BCUT2D eigenvalue weighted by molar-refractivity contribution is -0.334. The fourth-order valence-corrected chi connectivity index (χ4v) is 4.02. The lowest BCUT2D eigenvalue weighted by Crippen LogP contribution is -2.69. The number of aliphatic hydroxyl groups is 6. The Morgan fingerprint density at radius 3 is 1.75 bits per heavy atom. The Labute approximate surface area is 183 Å². The third-order valence-corrected chi connectivity index (χ3v) is 6.01. The molecule has 0 unspecified atom stereocenters. The van der Waals surface area contributed by atoms with Crippen molar-refractivity contribution < 1.29 is 54.3 Å². The molecule has 32 heavy (non-hydrogen) atoms. The van der Waals surface area contributed by atoms with Crippen LogP contribution in [0.1, 0.15) is 0 Å². The van der Waals surface area contributed by atoms with Gasteiger partial charge in [0.05, 0.1) is 18.7 Å². The molecular formula is C17H34N4O11. The van der Waals surface area contributed by atoms with Gasteiger partial charge >= 0.3 is 0 Å². The van der Waals surface area contributed by atoms with E-state index >= 15 is 0 Å². The molecule has 15 heteroatoms.